The number of fused-ring (bicyclic) bond motifs is 2. The number of piperidine rings is 1. The molecule has 1 N–H and O–H groups in total. The Morgan fingerprint density at radius 1 is 1.44 bits per heavy atom. The number of aliphatic hydroxyl groups is 1. The summed E-state index contributed by atoms with van der Waals surface area (Å²) in [6, 6.07) is 1.11. The number of thiophene rings is 1. The summed E-state index contributed by atoms with van der Waals surface area (Å²) in [6.45, 7) is 4.24. The largest absolute Gasteiger partial charge is 0.386 e. The zero-order chi connectivity index (χ0) is 23.1. The molecular weight excluding hydrogens is 466 g/mol. The lowest BCUT2D eigenvalue weighted by molar-refractivity contribution is -0.139. The lowest BCUT2D eigenvalue weighted by atomic mass is 9.81. The number of rotatable bonds is 7. The van der Waals surface area contributed by atoms with Crippen LogP contribution >= 0.6 is 23.1 Å². The Labute approximate surface area is 192 Å². The van der Waals surface area contributed by atoms with Gasteiger partial charge in [-0.3, -0.25) is 9.58 Å². The van der Waals surface area contributed by atoms with Crippen molar-refractivity contribution in [3.8, 4) is 0 Å². The van der Waals surface area contributed by atoms with Crippen LogP contribution in [0.25, 0.3) is 0 Å². The minimum absolute atomic E-state index is 0.0294. The Morgan fingerprint density at radius 2 is 2.22 bits per heavy atom. The first-order chi connectivity index (χ1) is 15.2. The zero-order valence-electron chi connectivity index (χ0n) is 17.9. The minimum atomic E-state index is -4.24. The van der Waals surface area contributed by atoms with Crippen molar-refractivity contribution in [3.63, 3.8) is 0 Å². The fraction of sp³-hybridized carbons (Fsp3) is 0.667. The summed E-state index contributed by atoms with van der Waals surface area (Å²) in [7, 11) is 0. The summed E-state index contributed by atoms with van der Waals surface area (Å²) >= 11 is 2.41. The van der Waals surface area contributed by atoms with Crippen molar-refractivity contribution >= 4 is 23.1 Å². The van der Waals surface area contributed by atoms with Gasteiger partial charge in [0, 0.05) is 53.6 Å². The molecule has 3 atom stereocenters. The van der Waals surface area contributed by atoms with Gasteiger partial charge in [-0.1, -0.05) is 0 Å². The number of alkyl halides is 4. The Morgan fingerprint density at radius 3 is 2.91 bits per heavy atom. The number of hydrogen-bond donors (Lipinski definition) is 1. The molecule has 2 unspecified atom stereocenters. The van der Waals surface area contributed by atoms with Crippen molar-refractivity contribution in [2.45, 2.75) is 62.9 Å². The van der Waals surface area contributed by atoms with E-state index in [1.54, 1.807) is 11.8 Å². The van der Waals surface area contributed by atoms with E-state index in [1.165, 1.54) is 0 Å². The maximum Gasteiger partial charge on any atom is 0.341 e. The van der Waals surface area contributed by atoms with Gasteiger partial charge in [-0.25, -0.2) is 8.78 Å². The Kier molecular flexibility index (Phi) is 6.94. The molecule has 1 saturated heterocycles. The first-order valence-corrected chi connectivity index (χ1v) is 12.7. The van der Waals surface area contributed by atoms with Gasteiger partial charge in [0.2, 0.25) is 0 Å². The summed E-state index contributed by atoms with van der Waals surface area (Å²) in [5, 5.41) is 14.7. The third-order valence-electron chi connectivity index (χ3n) is 6.30. The second kappa shape index (κ2) is 9.25. The van der Waals surface area contributed by atoms with E-state index in [4.69, 9.17) is 4.74 Å². The predicted octanol–water partition coefficient (Wildman–Crippen LogP) is 4.61. The number of ether oxygens (including phenoxy) is 1. The molecule has 2 aliphatic rings. The maximum absolute atomic E-state index is 14.0. The molecule has 178 valence electrons. The SMILES string of the molecule is CSCCn1cc(CN2CCC3(C[C@@H]2C)OCC(O)c2cc(C(F)(F)C(F)F)sc23)cn1. The molecule has 0 bridgehead atoms. The fourth-order valence-corrected chi connectivity index (χ4v) is 6.27. The van der Waals surface area contributed by atoms with E-state index in [9.17, 15) is 22.7 Å². The molecule has 1 spiro atoms. The highest BCUT2D eigenvalue weighted by atomic mass is 32.2. The molecule has 4 rings (SSSR count). The Balaban J connectivity index is 1.51. The molecular formula is C21H27F4N3O2S2. The van der Waals surface area contributed by atoms with Crippen LogP contribution < -0.4 is 0 Å². The number of halogens is 4. The average Bonchev–Trinajstić information content (AvgIpc) is 3.40. The molecule has 5 nitrogen and oxygen atoms in total. The number of likely N-dealkylation sites (tertiary alicyclic amines) is 1. The van der Waals surface area contributed by atoms with Crippen LogP contribution in [0, 0.1) is 0 Å². The van der Waals surface area contributed by atoms with Crippen molar-refractivity contribution in [3.05, 3.63) is 39.3 Å². The van der Waals surface area contributed by atoms with E-state index in [2.05, 4.69) is 23.2 Å². The van der Waals surface area contributed by atoms with Gasteiger partial charge in [0.05, 0.1) is 17.7 Å². The van der Waals surface area contributed by atoms with Crippen LogP contribution in [0.4, 0.5) is 17.6 Å². The second-order valence-electron chi connectivity index (χ2n) is 8.52. The third kappa shape index (κ3) is 4.46. The standard InChI is InChI=1S/C21H27F4N3O2S2/c1-13-8-20(3-4-27(13)10-14-9-26-28(11-14)5-6-31-2)18-15(16(29)12-30-20)7-17(32-18)21(24,25)19(22)23/h7,9,11,13,16,19,29H,3-6,8,10,12H2,1-2H3/t13-,16?,20?/m0/s1. The van der Waals surface area contributed by atoms with Gasteiger partial charge in [-0.05, 0) is 32.1 Å². The Hall–Kier alpha value is -1.14. The summed E-state index contributed by atoms with van der Waals surface area (Å²) < 4.78 is 61.9. The lowest BCUT2D eigenvalue weighted by Gasteiger charge is -2.47. The van der Waals surface area contributed by atoms with Crippen LogP contribution in [0.5, 0.6) is 0 Å². The normalized spacial score (nSPS) is 26.8. The van der Waals surface area contributed by atoms with Gasteiger partial charge in [0.15, 0.2) is 0 Å². The Bertz CT molecular complexity index is 938. The molecule has 0 aromatic carbocycles. The monoisotopic (exact) mass is 493 g/mol. The van der Waals surface area contributed by atoms with Crippen LogP contribution in [-0.4, -0.2) is 57.4 Å². The highest BCUT2D eigenvalue weighted by molar-refractivity contribution is 7.98. The molecule has 4 heterocycles. The van der Waals surface area contributed by atoms with Crippen molar-refractivity contribution in [1.29, 1.82) is 0 Å². The lowest BCUT2D eigenvalue weighted by Crippen LogP contribution is -2.50. The van der Waals surface area contributed by atoms with E-state index in [-0.39, 0.29) is 12.6 Å². The van der Waals surface area contributed by atoms with Gasteiger partial charge in [-0.2, -0.15) is 25.6 Å². The highest BCUT2D eigenvalue weighted by Crippen LogP contribution is 2.52. The number of aliphatic hydroxyl groups excluding tert-OH is 1. The van der Waals surface area contributed by atoms with Crippen molar-refractivity contribution < 1.29 is 27.4 Å². The molecule has 11 heteroatoms. The van der Waals surface area contributed by atoms with E-state index in [0.29, 0.717) is 47.7 Å². The smallest absolute Gasteiger partial charge is 0.341 e. The van der Waals surface area contributed by atoms with E-state index < -0.39 is 28.9 Å². The molecule has 0 amide bonds. The zero-order valence-corrected chi connectivity index (χ0v) is 19.6. The van der Waals surface area contributed by atoms with Crippen molar-refractivity contribution in [2.75, 3.05) is 25.2 Å². The van der Waals surface area contributed by atoms with Crippen LogP contribution in [0.2, 0.25) is 0 Å². The fourth-order valence-electron chi connectivity index (χ4n) is 4.53. The number of nitrogens with zero attached hydrogens (tertiary/aromatic N) is 3. The molecule has 2 aliphatic heterocycles. The summed E-state index contributed by atoms with van der Waals surface area (Å²) in [5.74, 6) is -3.26. The van der Waals surface area contributed by atoms with Gasteiger partial charge in [0.1, 0.15) is 11.7 Å². The molecule has 2 aromatic heterocycles. The topological polar surface area (TPSA) is 50.5 Å². The minimum Gasteiger partial charge on any atom is -0.386 e. The molecule has 0 aliphatic carbocycles. The second-order valence-corrected chi connectivity index (χ2v) is 10.6. The van der Waals surface area contributed by atoms with Crippen molar-refractivity contribution in [1.82, 2.24) is 14.7 Å². The highest BCUT2D eigenvalue weighted by Gasteiger charge is 2.50. The molecule has 0 saturated carbocycles. The summed E-state index contributed by atoms with van der Waals surface area (Å²) in [4.78, 5) is 2.04. The number of aromatic nitrogens is 2. The number of hydrogen-bond acceptors (Lipinski definition) is 6. The molecule has 0 radical (unpaired) electrons. The average molecular weight is 494 g/mol. The summed E-state index contributed by atoms with van der Waals surface area (Å²) in [5.41, 5.74) is 0.561. The quantitative estimate of drug-likeness (QED) is 0.571. The van der Waals surface area contributed by atoms with Crippen LogP contribution in [-0.2, 0) is 29.3 Å². The third-order valence-corrected chi connectivity index (χ3v) is 8.31. The molecule has 2 aromatic rings. The van der Waals surface area contributed by atoms with Gasteiger partial charge < -0.3 is 9.84 Å². The van der Waals surface area contributed by atoms with Crippen molar-refractivity contribution in [2.24, 2.45) is 0 Å². The van der Waals surface area contributed by atoms with Gasteiger partial charge >= 0.3 is 12.3 Å². The predicted molar refractivity (Wildman–Crippen MR) is 117 cm³/mol. The summed E-state index contributed by atoms with van der Waals surface area (Å²) in [6.07, 6.45) is 2.14. The van der Waals surface area contributed by atoms with E-state index in [1.807, 2.05) is 17.1 Å². The number of thioether (sulfide) groups is 1. The molecule has 32 heavy (non-hydrogen) atoms. The first-order valence-electron chi connectivity index (χ1n) is 10.5. The van der Waals surface area contributed by atoms with E-state index in [0.717, 1.165) is 23.9 Å². The van der Waals surface area contributed by atoms with Gasteiger partial charge in [0.25, 0.3) is 0 Å². The van der Waals surface area contributed by atoms with E-state index >= 15 is 0 Å². The first kappa shape index (κ1) is 24.0. The van der Waals surface area contributed by atoms with Crippen LogP contribution in [0.15, 0.2) is 18.5 Å². The number of aryl methyl sites for hydroxylation is 1. The van der Waals surface area contributed by atoms with Crippen LogP contribution in [0.3, 0.4) is 0 Å². The van der Waals surface area contributed by atoms with Gasteiger partial charge in [-0.15, -0.1) is 11.3 Å². The molecule has 1 fully saturated rings. The maximum atomic E-state index is 14.0. The van der Waals surface area contributed by atoms with Crippen LogP contribution in [0.1, 0.15) is 46.8 Å².